The van der Waals surface area contributed by atoms with Crippen molar-refractivity contribution >= 4 is 44.2 Å². The molecule has 0 aliphatic carbocycles. The van der Waals surface area contributed by atoms with Gasteiger partial charge >= 0.3 is 5.97 Å². The number of aromatic amines is 1. The van der Waals surface area contributed by atoms with Crippen molar-refractivity contribution in [2.45, 2.75) is 6.92 Å². The summed E-state index contributed by atoms with van der Waals surface area (Å²) in [7, 11) is 0. The number of anilines is 2. The van der Waals surface area contributed by atoms with Crippen molar-refractivity contribution in [3.63, 3.8) is 0 Å². The Bertz CT molecular complexity index is 884. The Balaban J connectivity index is 0.00000192. The first-order valence-electron chi connectivity index (χ1n) is 6.77. The molecule has 0 amide bonds. The van der Waals surface area contributed by atoms with Gasteiger partial charge in [0.05, 0.1) is 26.8 Å². The van der Waals surface area contributed by atoms with Gasteiger partial charge in [-0.05, 0) is 40.2 Å². The number of para-hydroxylation sites is 2. The van der Waals surface area contributed by atoms with Gasteiger partial charge in [-0.2, -0.15) is 0 Å². The fourth-order valence-corrected chi connectivity index (χ4v) is 2.90. The van der Waals surface area contributed by atoms with Crippen LogP contribution in [0.1, 0.15) is 16.1 Å². The highest BCUT2D eigenvalue weighted by Gasteiger charge is 2.15. The van der Waals surface area contributed by atoms with Crippen LogP contribution in [0.15, 0.2) is 53.0 Å². The number of hydrogen-bond donors (Lipinski definition) is 2. The van der Waals surface area contributed by atoms with E-state index in [0.29, 0.717) is 5.69 Å². The first kappa shape index (κ1) is 17.2. The van der Waals surface area contributed by atoms with Crippen LogP contribution in [0.25, 0.3) is 10.9 Å². The molecule has 0 atom stereocenters. The van der Waals surface area contributed by atoms with E-state index >= 15 is 0 Å². The van der Waals surface area contributed by atoms with E-state index in [2.05, 4.69) is 26.2 Å². The number of carbonyl (C=O) groups is 1. The van der Waals surface area contributed by atoms with E-state index in [0.717, 1.165) is 26.8 Å². The van der Waals surface area contributed by atoms with Gasteiger partial charge in [-0.25, -0.2) is 9.78 Å². The molecule has 0 aliphatic rings. The highest BCUT2D eigenvalue weighted by molar-refractivity contribution is 9.10. The van der Waals surface area contributed by atoms with E-state index in [1.165, 1.54) is 0 Å². The average molecular weight is 394 g/mol. The molecule has 23 heavy (non-hydrogen) atoms. The lowest BCUT2D eigenvalue weighted by Crippen LogP contribution is -3.00. The summed E-state index contributed by atoms with van der Waals surface area (Å²) in [6, 6.07) is 14.7. The maximum absolute atomic E-state index is 11.3. The molecule has 0 radical (unpaired) electrons. The molecule has 0 saturated heterocycles. The predicted molar refractivity (Wildman–Crippen MR) is 89.6 cm³/mol. The number of H-pyrrole nitrogens is 1. The van der Waals surface area contributed by atoms with Crippen molar-refractivity contribution in [2.24, 2.45) is 0 Å². The average Bonchev–Trinajstić information content (AvgIpc) is 2.49. The van der Waals surface area contributed by atoms with Gasteiger partial charge < -0.3 is 22.8 Å². The fourth-order valence-electron chi connectivity index (χ4n) is 2.43. The van der Waals surface area contributed by atoms with E-state index in [9.17, 15) is 9.90 Å². The second kappa shape index (κ2) is 6.98. The smallest absolute Gasteiger partial charge is 0.337 e. The lowest BCUT2D eigenvalue weighted by Gasteiger charge is -2.11. The number of pyridine rings is 1. The third kappa shape index (κ3) is 3.46. The summed E-state index contributed by atoms with van der Waals surface area (Å²) in [6.07, 6.45) is 0. The summed E-state index contributed by atoms with van der Waals surface area (Å²) in [4.78, 5) is 14.7. The predicted octanol–water partition coefficient (Wildman–Crippen LogP) is 1.17. The summed E-state index contributed by atoms with van der Waals surface area (Å²) in [5.74, 6) is -0.951. The van der Waals surface area contributed by atoms with Crippen LogP contribution in [0, 0.1) is 6.92 Å². The van der Waals surface area contributed by atoms with Crippen LogP contribution in [-0.4, -0.2) is 11.1 Å². The lowest BCUT2D eigenvalue weighted by molar-refractivity contribution is -0.355. The van der Waals surface area contributed by atoms with Crippen LogP contribution < -0.4 is 22.7 Å². The minimum absolute atomic E-state index is 0. The van der Waals surface area contributed by atoms with Crippen molar-refractivity contribution in [1.82, 2.24) is 0 Å². The maximum Gasteiger partial charge on any atom is 0.337 e. The first-order chi connectivity index (χ1) is 10.6. The van der Waals surface area contributed by atoms with Crippen molar-refractivity contribution in [2.75, 3.05) is 5.32 Å². The largest absolute Gasteiger partial charge is 1.00 e. The molecule has 0 unspecified atom stereocenters. The van der Waals surface area contributed by atoms with Crippen LogP contribution in [0.4, 0.5) is 11.4 Å². The normalized spacial score (nSPS) is 10.2. The van der Waals surface area contributed by atoms with Crippen molar-refractivity contribution in [3.05, 3.63) is 64.3 Å². The van der Waals surface area contributed by atoms with Crippen molar-refractivity contribution in [3.8, 4) is 0 Å². The van der Waals surface area contributed by atoms with Gasteiger partial charge in [0.2, 0.25) is 5.52 Å². The zero-order chi connectivity index (χ0) is 15.7. The Kier molecular flexibility index (Phi) is 5.23. The number of aromatic nitrogens is 1. The van der Waals surface area contributed by atoms with E-state index in [4.69, 9.17) is 0 Å². The molecule has 2 aromatic carbocycles. The summed E-state index contributed by atoms with van der Waals surface area (Å²) in [5, 5.41) is 13.5. The van der Waals surface area contributed by atoms with Crippen molar-refractivity contribution < 1.29 is 27.3 Å². The van der Waals surface area contributed by atoms with E-state index in [-0.39, 0.29) is 18.0 Å². The SMILES string of the molecule is Cc1cc(Nc2ccccc2C(=O)O)c2cccc(Br)c2[nH+]1.[Cl-]. The molecule has 3 aromatic rings. The number of hydrogen-bond acceptors (Lipinski definition) is 2. The maximum atomic E-state index is 11.3. The zero-order valence-corrected chi connectivity index (χ0v) is 14.6. The number of halogens is 2. The van der Waals surface area contributed by atoms with Crippen LogP contribution in [0.3, 0.4) is 0 Å². The quantitative estimate of drug-likeness (QED) is 0.702. The molecule has 6 heteroatoms. The fraction of sp³-hybridized carbons (Fsp3) is 0.0588. The molecule has 0 bridgehead atoms. The topological polar surface area (TPSA) is 63.5 Å². The Hall–Kier alpha value is -2.11. The number of fused-ring (bicyclic) bond motifs is 1. The standard InChI is InChI=1S/C17H13BrN2O2.ClH/c1-10-9-15(11-6-4-7-13(18)16(11)19-10)20-14-8-3-2-5-12(14)17(21)22;/h2-9H,1H3,(H,19,20)(H,21,22);1H. The molecular weight excluding hydrogens is 380 g/mol. The molecule has 0 aliphatic heterocycles. The Morgan fingerprint density at radius 1 is 1.13 bits per heavy atom. The first-order valence-corrected chi connectivity index (χ1v) is 7.56. The second-order valence-electron chi connectivity index (χ2n) is 5.00. The Morgan fingerprint density at radius 3 is 2.61 bits per heavy atom. The molecule has 4 nitrogen and oxygen atoms in total. The number of aryl methyl sites for hydroxylation is 1. The summed E-state index contributed by atoms with van der Waals surface area (Å²) in [6.45, 7) is 1.97. The summed E-state index contributed by atoms with van der Waals surface area (Å²) >= 11 is 3.54. The minimum atomic E-state index is -0.951. The second-order valence-corrected chi connectivity index (χ2v) is 5.86. The third-order valence-electron chi connectivity index (χ3n) is 3.41. The van der Waals surface area contributed by atoms with Crippen LogP contribution in [0.2, 0.25) is 0 Å². The molecule has 0 spiro atoms. The van der Waals surface area contributed by atoms with Crippen LogP contribution >= 0.6 is 15.9 Å². The molecule has 3 rings (SSSR count). The summed E-state index contributed by atoms with van der Waals surface area (Å²) < 4.78 is 0.961. The molecule has 1 heterocycles. The Labute approximate surface area is 148 Å². The number of carboxylic acids is 1. The number of aromatic carboxylic acids is 1. The number of rotatable bonds is 3. The lowest BCUT2D eigenvalue weighted by atomic mass is 10.1. The van der Waals surface area contributed by atoms with Crippen LogP contribution in [-0.2, 0) is 0 Å². The number of benzene rings is 2. The molecule has 0 saturated carbocycles. The van der Waals surface area contributed by atoms with Gasteiger partial charge in [-0.3, -0.25) is 0 Å². The molecule has 0 fully saturated rings. The monoisotopic (exact) mass is 392 g/mol. The van der Waals surface area contributed by atoms with Gasteiger partial charge in [0.25, 0.3) is 0 Å². The highest BCUT2D eigenvalue weighted by Crippen LogP contribution is 2.29. The van der Waals surface area contributed by atoms with Crippen molar-refractivity contribution in [1.29, 1.82) is 0 Å². The van der Waals surface area contributed by atoms with Gasteiger partial charge in [0.1, 0.15) is 0 Å². The van der Waals surface area contributed by atoms with E-state index in [1.807, 2.05) is 37.3 Å². The zero-order valence-electron chi connectivity index (χ0n) is 12.2. The van der Waals surface area contributed by atoms with Gasteiger partial charge in [0.15, 0.2) is 5.69 Å². The van der Waals surface area contributed by atoms with Crippen LogP contribution in [0.5, 0.6) is 0 Å². The Morgan fingerprint density at radius 2 is 1.87 bits per heavy atom. The van der Waals surface area contributed by atoms with E-state index in [1.54, 1.807) is 18.2 Å². The summed E-state index contributed by atoms with van der Waals surface area (Å²) in [5.41, 5.74) is 3.63. The molecule has 118 valence electrons. The molecular formula is C17H14BrClN2O2. The van der Waals surface area contributed by atoms with Gasteiger partial charge in [-0.15, -0.1) is 0 Å². The molecule has 3 N–H and O–H groups in total. The third-order valence-corrected chi connectivity index (χ3v) is 4.07. The van der Waals surface area contributed by atoms with E-state index < -0.39 is 5.97 Å². The number of carboxylic acid groups (broad SMARTS) is 1. The minimum Gasteiger partial charge on any atom is -1.00 e. The highest BCUT2D eigenvalue weighted by atomic mass is 79.9. The van der Waals surface area contributed by atoms with Gasteiger partial charge in [-0.1, -0.05) is 18.2 Å². The number of nitrogens with one attached hydrogen (secondary N) is 2. The molecule has 1 aromatic heterocycles. The van der Waals surface area contributed by atoms with Gasteiger partial charge in [0, 0.05) is 13.0 Å².